The summed E-state index contributed by atoms with van der Waals surface area (Å²) in [4.78, 5) is 12.2. The summed E-state index contributed by atoms with van der Waals surface area (Å²) in [6.45, 7) is 0. The molecular formula is C18H16F3NO5S2. The van der Waals surface area contributed by atoms with Crippen LogP contribution in [0.1, 0.15) is 22.3 Å². The van der Waals surface area contributed by atoms with E-state index in [2.05, 4.69) is 5.32 Å². The maximum atomic E-state index is 12.7. The number of carbonyl (C=O) groups is 1. The summed E-state index contributed by atoms with van der Waals surface area (Å²) in [7, 11) is -7.35. The molecule has 0 aliphatic carbocycles. The topological polar surface area (TPSA) is 97.4 Å². The van der Waals surface area contributed by atoms with Crippen LogP contribution in [0.3, 0.4) is 0 Å². The molecule has 6 nitrogen and oxygen atoms in total. The fourth-order valence-electron chi connectivity index (χ4n) is 2.96. The third-order valence-electron chi connectivity index (χ3n) is 4.52. The molecule has 0 aromatic heterocycles. The van der Waals surface area contributed by atoms with E-state index in [4.69, 9.17) is 0 Å². The molecule has 1 saturated heterocycles. The quantitative estimate of drug-likeness (QED) is 0.777. The zero-order valence-electron chi connectivity index (χ0n) is 14.8. The highest BCUT2D eigenvalue weighted by Crippen LogP contribution is 2.30. The first kappa shape index (κ1) is 21.3. The van der Waals surface area contributed by atoms with Crippen molar-refractivity contribution in [2.45, 2.75) is 22.7 Å². The van der Waals surface area contributed by atoms with E-state index >= 15 is 0 Å². The van der Waals surface area contributed by atoms with Gasteiger partial charge >= 0.3 is 6.18 Å². The minimum Gasteiger partial charge on any atom is -0.322 e. The fraction of sp³-hybridized carbons (Fsp3) is 0.278. The van der Waals surface area contributed by atoms with E-state index in [1.54, 1.807) is 0 Å². The van der Waals surface area contributed by atoms with Gasteiger partial charge < -0.3 is 5.32 Å². The van der Waals surface area contributed by atoms with Crippen LogP contribution < -0.4 is 5.32 Å². The summed E-state index contributed by atoms with van der Waals surface area (Å²) >= 11 is 0. The summed E-state index contributed by atoms with van der Waals surface area (Å²) in [5.74, 6) is -1.37. The van der Waals surface area contributed by atoms with E-state index in [1.165, 1.54) is 18.2 Å². The number of carbonyl (C=O) groups excluding carboxylic acids is 1. The highest BCUT2D eigenvalue weighted by Gasteiger charge is 2.38. The molecule has 1 aliphatic heterocycles. The van der Waals surface area contributed by atoms with E-state index in [0.29, 0.717) is 0 Å². The van der Waals surface area contributed by atoms with Crippen LogP contribution in [0.5, 0.6) is 0 Å². The lowest BCUT2D eigenvalue weighted by molar-refractivity contribution is -0.137. The predicted molar refractivity (Wildman–Crippen MR) is 100 cm³/mol. The summed E-state index contributed by atoms with van der Waals surface area (Å²) in [5, 5.41) is 1.33. The molecule has 29 heavy (non-hydrogen) atoms. The van der Waals surface area contributed by atoms with Gasteiger partial charge in [-0.05, 0) is 48.9 Å². The Hall–Kier alpha value is -2.40. The Balaban J connectivity index is 1.79. The third-order valence-corrected chi connectivity index (χ3v) is 8.69. The molecule has 0 bridgehead atoms. The minimum atomic E-state index is -4.50. The Labute approximate surface area is 165 Å². The molecule has 1 N–H and O–H groups in total. The van der Waals surface area contributed by atoms with Crippen molar-refractivity contribution < 1.29 is 34.8 Å². The number of anilines is 1. The van der Waals surface area contributed by atoms with Gasteiger partial charge in [-0.3, -0.25) is 4.79 Å². The molecule has 1 amide bonds. The second kappa shape index (κ2) is 7.45. The van der Waals surface area contributed by atoms with Crippen molar-refractivity contribution in [2.75, 3.05) is 16.8 Å². The van der Waals surface area contributed by atoms with Crippen molar-refractivity contribution in [3.05, 3.63) is 59.7 Å². The average Bonchev–Trinajstić information content (AvgIpc) is 3.02. The number of halogens is 3. The standard InChI is InChI=1S/C18H16F3NO5S2/c19-18(20,21)13-4-6-14(7-5-13)22-17(23)12-2-1-3-15(10-12)29(26,27)16-8-9-28(24,25)11-16/h1-7,10,16H,8-9,11H2,(H,22,23). The van der Waals surface area contributed by atoms with Crippen molar-refractivity contribution in [1.29, 1.82) is 0 Å². The molecule has 1 atom stereocenters. The summed E-state index contributed by atoms with van der Waals surface area (Å²) in [6.07, 6.45) is -4.51. The fourth-order valence-corrected chi connectivity index (χ4v) is 7.36. The highest BCUT2D eigenvalue weighted by molar-refractivity contribution is 7.96. The number of sulfone groups is 2. The number of nitrogens with one attached hydrogen (secondary N) is 1. The van der Waals surface area contributed by atoms with Crippen LogP contribution in [0, 0.1) is 0 Å². The zero-order chi connectivity index (χ0) is 21.4. The number of rotatable bonds is 4. The second-order valence-electron chi connectivity index (χ2n) is 6.63. The van der Waals surface area contributed by atoms with Gasteiger partial charge in [-0.25, -0.2) is 16.8 Å². The Morgan fingerprint density at radius 1 is 1.07 bits per heavy atom. The molecule has 0 radical (unpaired) electrons. The molecule has 1 fully saturated rings. The molecule has 11 heteroatoms. The van der Waals surface area contributed by atoms with Gasteiger partial charge in [0.25, 0.3) is 5.91 Å². The lowest BCUT2D eigenvalue weighted by Gasteiger charge is -2.12. The number of hydrogen-bond acceptors (Lipinski definition) is 5. The van der Waals surface area contributed by atoms with Gasteiger partial charge in [-0.1, -0.05) is 6.07 Å². The van der Waals surface area contributed by atoms with Crippen LogP contribution in [0.25, 0.3) is 0 Å². The number of amides is 1. The summed E-state index contributed by atoms with van der Waals surface area (Å²) in [5.41, 5.74) is -0.778. The monoisotopic (exact) mass is 447 g/mol. The SMILES string of the molecule is O=C(Nc1ccc(C(F)(F)F)cc1)c1cccc(S(=O)(=O)C2CCS(=O)(=O)C2)c1. The van der Waals surface area contributed by atoms with Crippen LogP contribution in [0.15, 0.2) is 53.4 Å². The first-order valence-corrected chi connectivity index (χ1v) is 11.8. The molecule has 0 saturated carbocycles. The lowest BCUT2D eigenvalue weighted by Crippen LogP contribution is -2.23. The normalized spacial score (nSPS) is 19.1. The number of hydrogen-bond donors (Lipinski definition) is 1. The van der Waals surface area contributed by atoms with Gasteiger partial charge in [0.2, 0.25) is 0 Å². The van der Waals surface area contributed by atoms with Crippen molar-refractivity contribution in [2.24, 2.45) is 0 Å². The average molecular weight is 447 g/mol. The highest BCUT2D eigenvalue weighted by atomic mass is 32.2. The van der Waals surface area contributed by atoms with Crippen molar-refractivity contribution >= 4 is 31.3 Å². The van der Waals surface area contributed by atoms with Crippen LogP contribution in [0.4, 0.5) is 18.9 Å². The van der Waals surface area contributed by atoms with Gasteiger partial charge in [0.1, 0.15) is 0 Å². The van der Waals surface area contributed by atoms with Crippen LogP contribution >= 0.6 is 0 Å². The first-order valence-electron chi connectivity index (χ1n) is 8.41. The third kappa shape index (κ3) is 4.78. The first-order chi connectivity index (χ1) is 13.4. The van der Waals surface area contributed by atoms with Gasteiger partial charge in [0.15, 0.2) is 19.7 Å². The number of benzene rings is 2. The molecule has 1 aliphatic rings. The van der Waals surface area contributed by atoms with E-state index in [9.17, 15) is 34.8 Å². The second-order valence-corrected chi connectivity index (χ2v) is 11.1. The number of alkyl halides is 3. The maximum absolute atomic E-state index is 12.7. The largest absolute Gasteiger partial charge is 0.416 e. The lowest BCUT2D eigenvalue weighted by atomic mass is 10.2. The van der Waals surface area contributed by atoms with Crippen LogP contribution in [-0.2, 0) is 25.9 Å². The molecule has 156 valence electrons. The molecule has 2 aromatic rings. The zero-order valence-corrected chi connectivity index (χ0v) is 16.4. The van der Waals surface area contributed by atoms with Gasteiger partial charge in [-0.15, -0.1) is 0 Å². The van der Waals surface area contributed by atoms with Crippen molar-refractivity contribution in [1.82, 2.24) is 0 Å². The predicted octanol–water partition coefficient (Wildman–Crippen LogP) is 2.92. The molecule has 1 unspecified atom stereocenters. The maximum Gasteiger partial charge on any atom is 0.416 e. The minimum absolute atomic E-state index is 0.00730. The van der Waals surface area contributed by atoms with E-state index in [0.717, 1.165) is 30.3 Å². The molecular weight excluding hydrogens is 431 g/mol. The Bertz CT molecular complexity index is 1140. The smallest absolute Gasteiger partial charge is 0.322 e. The molecule has 0 spiro atoms. The summed E-state index contributed by atoms with van der Waals surface area (Å²) < 4.78 is 86.3. The Morgan fingerprint density at radius 3 is 2.28 bits per heavy atom. The summed E-state index contributed by atoms with van der Waals surface area (Å²) in [6, 6.07) is 8.90. The van der Waals surface area contributed by atoms with E-state index in [-0.39, 0.29) is 28.3 Å². The van der Waals surface area contributed by atoms with Crippen molar-refractivity contribution in [3.8, 4) is 0 Å². The Morgan fingerprint density at radius 2 is 1.72 bits per heavy atom. The molecule has 2 aromatic carbocycles. The van der Waals surface area contributed by atoms with E-state index < -0.39 is 48.3 Å². The van der Waals surface area contributed by atoms with E-state index in [1.807, 2.05) is 0 Å². The van der Waals surface area contributed by atoms with Gasteiger partial charge in [0, 0.05) is 11.3 Å². The molecule has 3 rings (SSSR count). The van der Waals surface area contributed by atoms with Crippen LogP contribution in [-0.4, -0.2) is 39.5 Å². The van der Waals surface area contributed by atoms with Gasteiger partial charge in [0.05, 0.1) is 27.2 Å². The van der Waals surface area contributed by atoms with Crippen molar-refractivity contribution in [3.63, 3.8) is 0 Å². The Kier molecular flexibility index (Phi) is 5.48. The van der Waals surface area contributed by atoms with Crippen LogP contribution in [0.2, 0.25) is 0 Å². The molecule has 1 heterocycles. The van der Waals surface area contributed by atoms with Gasteiger partial charge in [-0.2, -0.15) is 13.2 Å².